The molecule has 1 aromatic rings. The average molecular weight is 278 g/mol. The molecule has 6 heteroatoms. The van der Waals surface area contributed by atoms with Crippen molar-refractivity contribution in [2.45, 2.75) is 12.8 Å². The normalized spacial score (nSPS) is 14.2. The first kappa shape index (κ1) is 14.2. The molecule has 1 aliphatic heterocycles. The third-order valence-corrected chi connectivity index (χ3v) is 3.19. The maximum Gasteiger partial charge on any atom is 0.338 e. The largest absolute Gasteiger partial charge is 0.497 e. The van der Waals surface area contributed by atoms with E-state index >= 15 is 0 Å². The Hall–Kier alpha value is -2.24. The average Bonchev–Trinajstić information content (AvgIpc) is 2.97. The highest BCUT2D eigenvalue weighted by Gasteiger charge is 2.19. The van der Waals surface area contributed by atoms with Crippen LogP contribution in [0.15, 0.2) is 18.2 Å². The van der Waals surface area contributed by atoms with Crippen molar-refractivity contribution in [3.63, 3.8) is 0 Å². The number of carbonyl (C=O) groups excluding carboxylic acids is 2. The van der Waals surface area contributed by atoms with Crippen molar-refractivity contribution in [3.05, 3.63) is 23.8 Å². The highest BCUT2D eigenvalue weighted by molar-refractivity contribution is 5.92. The van der Waals surface area contributed by atoms with Gasteiger partial charge in [0.15, 0.2) is 6.61 Å². The third kappa shape index (κ3) is 3.40. The fourth-order valence-electron chi connectivity index (χ4n) is 2.13. The molecule has 1 heterocycles. The Morgan fingerprint density at radius 1 is 1.25 bits per heavy atom. The Morgan fingerprint density at radius 2 is 1.95 bits per heavy atom. The molecule has 0 atom stereocenters. The van der Waals surface area contributed by atoms with Gasteiger partial charge in [0.25, 0.3) is 5.91 Å². The summed E-state index contributed by atoms with van der Waals surface area (Å²) in [6, 6.07) is 4.62. The Morgan fingerprint density at radius 3 is 2.60 bits per heavy atom. The molecule has 2 N–H and O–H groups in total. The fourth-order valence-corrected chi connectivity index (χ4v) is 2.13. The molecule has 6 nitrogen and oxygen atoms in total. The molecule has 0 aliphatic carbocycles. The predicted octanol–water partition coefficient (Wildman–Crippen LogP) is 1.06. The molecule has 2 rings (SSSR count). The number of hydrogen-bond donors (Lipinski definition) is 1. The molecule has 1 saturated heterocycles. The van der Waals surface area contributed by atoms with Crippen LogP contribution < -0.4 is 10.5 Å². The van der Waals surface area contributed by atoms with Crippen molar-refractivity contribution in [1.29, 1.82) is 0 Å². The Balaban J connectivity index is 1.94. The predicted molar refractivity (Wildman–Crippen MR) is 73.5 cm³/mol. The smallest absolute Gasteiger partial charge is 0.338 e. The van der Waals surface area contributed by atoms with Crippen LogP contribution in [0.5, 0.6) is 5.75 Å². The summed E-state index contributed by atoms with van der Waals surface area (Å²) >= 11 is 0. The summed E-state index contributed by atoms with van der Waals surface area (Å²) in [5, 5.41) is 0. The monoisotopic (exact) mass is 278 g/mol. The zero-order chi connectivity index (χ0) is 14.5. The molecule has 0 bridgehead atoms. The van der Waals surface area contributed by atoms with Crippen LogP contribution >= 0.6 is 0 Å². The van der Waals surface area contributed by atoms with Crippen molar-refractivity contribution >= 4 is 17.6 Å². The van der Waals surface area contributed by atoms with Crippen LogP contribution in [0.4, 0.5) is 5.69 Å². The number of nitrogen functional groups attached to an aromatic ring is 1. The number of methoxy groups -OCH3 is 1. The van der Waals surface area contributed by atoms with E-state index in [0.29, 0.717) is 11.4 Å². The number of likely N-dealkylation sites (tertiary alicyclic amines) is 1. The molecule has 1 aliphatic rings. The van der Waals surface area contributed by atoms with Gasteiger partial charge in [0.05, 0.1) is 12.7 Å². The summed E-state index contributed by atoms with van der Waals surface area (Å²) in [5.74, 6) is -0.266. The van der Waals surface area contributed by atoms with Crippen molar-refractivity contribution < 1.29 is 19.1 Å². The Bertz CT molecular complexity index is 510. The molecular formula is C14H18N2O4. The maximum atomic E-state index is 11.9. The summed E-state index contributed by atoms with van der Waals surface area (Å²) in [4.78, 5) is 25.4. The van der Waals surface area contributed by atoms with Crippen molar-refractivity contribution in [1.82, 2.24) is 4.90 Å². The van der Waals surface area contributed by atoms with E-state index in [1.807, 2.05) is 0 Å². The lowest BCUT2D eigenvalue weighted by Gasteiger charge is -2.15. The number of benzene rings is 1. The second kappa shape index (κ2) is 6.27. The second-order valence-corrected chi connectivity index (χ2v) is 4.66. The molecule has 0 aromatic heterocycles. The fraction of sp³-hybridized carbons (Fsp3) is 0.429. The molecule has 0 unspecified atom stereocenters. The Labute approximate surface area is 117 Å². The summed E-state index contributed by atoms with van der Waals surface area (Å²) in [6.07, 6.45) is 2.01. The molecule has 20 heavy (non-hydrogen) atoms. The maximum absolute atomic E-state index is 11.9. The number of rotatable bonds is 4. The van der Waals surface area contributed by atoms with Gasteiger partial charge in [-0.15, -0.1) is 0 Å². The van der Waals surface area contributed by atoms with Crippen LogP contribution in [0.3, 0.4) is 0 Å². The number of nitrogens with two attached hydrogens (primary N) is 1. The lowest BCUT2D eigenvalue weighted by Crippen LogP contribution is -2.32. The van der Waals surface area contributed by atoms with Gasteiger partial charge in [-0.1, -0.05) is 0 Å². The molecule has 0 saturated carbocycles. The lowest BCUT2D eigenvalue weighted by atomic mass is 10.2. The second-order valence-electron chi connectivity index (χ2n) is 4.66. The SMILES string of the molecule is COc1cc(N)cc(C(=O)OCC(=O)N2CCCC2)c1. The van der Waals surface area contributed by atoms with Crippen molar-refractivity contribution in [3.8, 4) is 5.75 Å². The van der Waals surface area contributed by atoms with E-state index < -0.39 is 5.97 Å². The van der Waals surface area contributed by atoms with Gasteiger partial charge < -0.3 is 20.1 Å². The first-order chi connectivity index (χ1) is 9.60. The van der Waals surface area contributed by atoms with Gasteiger partial charge in [0, 0.05) is 24.8 Å². The van der Waals surface area contributed by atoms with Crippen LogP contribution in [0.1, 0.15) is 23.2 Å². The number of anilines is 1. The first-order valence-corrected chi connectivity index (χ1v) is 6.49. The van der Waals surface area contributed by atoms with E-state index in [9.17, 15) is 9.59 Å². The zero-order valence-electron chi connectivity index (χ0n) is 11.4. The van der Waals surface area contributed by atoms with Gasteiger partial charge in [-0.3, -0.25) is 4.79 Å². The summed E-state index contributed by atoms with van der Waals surface area (Å²) in [7, 11) is 1.49. The molecular weight excluding hydrogens is 260 g/mol. The standard InChI is InChI=1S/C14H18N2O4/c1-19-12-7-10(6-11(15)8-12)14(18)20-9-13(17)16-4-2-3-5-16/h6-8H,2-5,9,15H2,1H3. The van der Waals surface area contributed by atoms with Crippen molar-refractivity contribution in [2.24, 2.45) is 0 Å². The lowest BCUT2D eigenvalue weighted by molar-refractivity contribution is -0.133. The van der Waals surface area contributed by atoms with Gasteiger partial charge in [-0.2, -0.15) is 0 Å². The number of nitrogens with zero attached hydrogens (tertiary/aromatic N) is 1. The van der Waals surface area contributed by atoms with Crippen molar-refractivity contribution in [2.75, 3.05) is 32.5 Å². The molecule has 0 radical (unpaired) electrons. The third-order valence-electron chi connectivity index (χ3n) is 3.19. The quantitative estimate of drug-likeness (QED) is 0.657. The number of hydrogen-bond acceptors (Lipinski definition) is 5. The molecule has 1 fully saturated rings. The minimum absolute atomic E-state index is 0.160. The van der Waals surface area contributed by atoms with Crippen LogP contribution in [0, 0.1) is 0 Å². The van der Waals surface area contributed by atoms with E-state index in [1.54, 1.807) is 11.0 Å². The van der Waals surface area contributed by atoms with E-state index in [1.165, 1.54) is 19.2 Å². The van der Waals surface area contributed by atoms with Gasteiger partial charge in [0.2, 0.25) is 0 Å². The van der Waals surface area contributed by atoms with Crippen LogP contribution in [0.2, 0.25) is 0 Å². The number of ether oxygens (including phenoxy) is 2. The molecule has 108 valence electrons. The molecule has 1 aromatic carbocycles. The van der Waals surface area contributed by atoms with E-state index in [2.05, 4.69) is 0 Å². The topological polar surface area (TPSA) is 81.9 Å². The van der Waals surface area contributed by atoms with Gasteiger partial charge in [-0.05, 0) is 25.0 Å². The van der Waals surface area contributed by atoms with Crippen LogP contribution in [-0.4, -0.2) is 43.6 Å². The van der Waals surface area contributed by atoms with Crippen LogP contribution in [0.25, 0.3) is 0 Å². The highest BCUT2D eigenvalue weighted by Crippen LogP contribution is 2.19. The van der Waals surface area contributed by atoms with Crippen LogP contribution in [-0.2, 0) is 9.53 Å². The van der Waals surface area contributed by atoms with E-state index in [4.69, 9.17) is 15.2 Å². The number of carbonyl (C=O) groups is 2. The van der Waals surface area contributed by atoms with E-state index in [0.717, 1.165) is 25.9 Å². The van der Waals surface area contributed by atoms with Gasteiger partial charge >= 0.3 is 5.97 Å². The van der Waals surface area contributed by atoms with E-state index in [-0.39, 0.29) is 18.1 Å². The van der Waals surface area contributed by atoms with Gasteiger partial charge in [0.1, 0.15) is 5.75 Å². The van der Waals surface area contributed by atoms with Gasteiger partial charge in [-0.25, -0.2) is 4.79 Å². The molecule has 1 amide bonds. The number of amides is 1. The highest BCUT2D eigenvalue weighted by atomic mass is 16.5. The molecule has 0 spiro atoms. The minimum atomic E-state index is -0.580. The zero-order valence-corrected chi connectivity index (χ0v) is 11.4. The number of esters is 1. The minimum Gasteiger partial charge on any atom is -0.497 e. The summed E-state index contributed by atoms with van der Waals surface area (Å²) in [5.41, 5.74) is 6.34. The summed E-state index contributed by atoms with van der Waals surface area (Å²) in [6.45, 7) is 1.24. The summed E-state index contributed by atoms with van der Waals surface area (Å²) < 4.78 is 10.0. The first-order valence-electron chi connectivity index (χ1n) is 6.49. The Kier molecular flexibility index (Phi) is 4.45.